The van der Waals surface area contributed by atoms with Crippen molar-refractivity contribution in [3.8, 4) is 5.69 Å². The molecule has 2 aromatic heterocycles. The number of nitrogen functional groups attached to an aromatic ring is 1. The number of nitrogens with one attached hydrogen (secondary N) is 1. The summed E-state index contributed by atoms with van der Waals surface area (Å²) in [6.45, 7) is 3.86. The Bertz CT molecular complexity index is 1330. The van der Waals surface area contributed by atoms with Gasteiger partial charge in [0.2, 0.25) is 5.95 Å². The summed E-state index contributed by atoms with van der Waals surface area (Å²) in [6.07, 6.45) is 0.540. The summed E-state index contributed by atoms with van der Waals surface area (Å²) in [7, 11) is 0. The molecule has 158 valence electrons. The number of nitrogens with zero attached hydrogens (tertiary/aromatic N) is 5. The number of para-hydroxylation sites is 1. The van der Waals surface area contributed by atoms with Gasteiger partial charge in [-0.1, -0.05) is 54.4 Å². The molecule has 0 saturated heterocycles. The van der Waals surface area contributed by atoms with E-state index in [0.717, 1.165) is 0 Å². The summed E-state index contributed by atoms with van der Waals surface area (Å²) in [5, 5.41) is 11.5. The zero-order valence-electron chi connectivity index (χ0n) is 16.8. The molecule has 1 unspecified atom stereocenters. The van der Waals surface area contributed by atoms with Crippen molar-refractivity contribution in [3.63, 3.8) is 0 Å². The Morgan fingerprint density at radius 2 is 1.81 bits per heavy atom. The van der Waals surface area contributed by atoms with Gasteiger partial charge in [0.25, 0.3) is 5.56 Å². The van der Waals surface area contributed by atoms with Crippen LogP contribution in [-0.2, 0) is 5.54 Å². The number of halogens is 2. The molecule has 31 heavy (non-hydrogen) atoms. The molecule has 0 fully saturated rings. The van der Waals surface area contributed by atoms with Crippen molar-refractivity contribution in [1.29, 1.82) is 0 Å². The molecule has 2 aromatic carbocycles. The van der Waals surface area contributed by atoms with Crippen LogP contribution in [0.1, 0.15) is 26.1 Å². The van der Waals surface area contributed by atoms with Crippen molar-refractivity contribution in [2.24, 2.45) is 0 Å². The van der Waals surface area contributed by atoms with E-state index in [9.17, 15) is 4.79 Å². The molecule has 0 bridgehead atoms. The van der Waals surface area contributed by atoms with Crippen LogP contribution in [0.3, 0.4) is 0 Å². The number of hydrogen-bond acceptors (Lipinski definition) is 7. The molecule has 3 N–H and O–H groups in total. The van der Waals surface area contributed by atoms with Gasteiger partial charge in [-0.05, 0) is 37.6 Å². The predicted molar refractivity (Wildman–Crippen MR) is 123 cm³/mol. The first kappa shape index (κ1) is 21.0. The van der Waals surface area contributed by atoms with E-state index >= 15 is 0 Å². The van der Waals surface area contributed by atoms with Gasteiger partial charge in [-0.15, -0.1) is 10.2 Å². The zero-order chi connectivity index (χ0) is 22.2. The van der Waals surface area contributed by atoms with Crippen molar-refractivity contribution in [1.82, 2.24) is 24.7 Å². The van der Waals surface area contributed by atoms with E-state index in [1.54, 1.807) is 22.8 Å². The summed E-state index contributed by atoms with van der Waals surface area (Å²) < 4.78 is 1.55. The van der Waals surface area contributed by atoms with Gasteiger partial charge in [-0.3, -0.25) is 9.36 Å². The van der Waals surface area contributed by atoms with E-state index in [1.165, 1.54) is 0 Å². The summed E-state index contributed by atoms with van der Waals surface area (Å²) >= 11 is 12.6. The Balaban J connectivity index is 2.03. The van der Waals surface area contributed by atoms with Gasteiger partial charge < -0.3 is 11.1 Å². The van der Waals surface area contributed by atoms with Gasteiger partial charge in [0, 0.05) is 0 Å². The van der Waals surface area contributed by atoms with Crippen LogP contribution in [-0.4, -0.2) is 24.7 Å². The van der Waals surface area contributed by atoms with Crippen molar-refractivity contribution >= 4 is 45.9 Å². The molecule has 0 aliphatic heterocycles. The van der Waals surface area contributed by atoms with Crippen LogP contribution < -0.4 is 16.6 Å². The van der Waals surface area contributed by atoms with Crippen LogP contribution in [0, 0.1) is 0 Å². The van der Waals surface area contributed by atoms with Crippen LogP contribution >= 0.6 is 23.2 Å². The smallest absolute Gasteiger partial charge is 0.267 e. The Kier molecular flexibility index (Phi) is 5.51. The van der Waals surface area contributed by atoms with Gasteiger partial charge in [0.15, 0.2) is 11.0 Å². The number of hydrogen-bond donors (Lipinski definition) is 2. The van der Waals surface area contributed by atoms with Crippen LogP contribution in [0.5, 0.6) is 0 Å². The molecule has 0 aliphatic carbocycles. The molecule has 0 radical (unpaired) electrons. The quantitative estimate of drug-likeness (QED) is 0.463. The molecule has 0 spiro atoms. The lowest BCUT2D eigenvalue weighted by Gasteiger charge is -2.32. The minimum Gasteiger partial charge on any atom is -0.366 e. The van der Waals surface area contributed by atoms with Crippen molar-refractivity contribution in [3.05, 3.63) is 74.9 Å². The Morgan fingerprint density at radius 3 is 2.52 bits per heavy atom. The molecular weight excluding hydrogens is 437 g/mol. The molecule has 8 nitrogen and oxygen atoms in total. The largest absolute Gasteiger partial charge is 0.366 e. The molecule has 4 aromatic rings. The lowest BCUT2D eigenvalue weighted by Crippen LogP contribution is -2.39. The van der Waals surface area contributed by atoms with E-state index < -0.39 is 5.54 Å². The molecule has 4 rings (SSSR count). The van der Waals surface area contributed by atoms with Crippen molar-refractivity contribution < 1.29 is 0 Å². The number of nitrogens with two attached hydrogens (primary N) is 1. The third-order valence-electron chi connectivity index (χ3n) is 5.12. The third-order valence-corrected chi connectivity index (χ3v) is 5.69. The van der Waals surface area contributed by atoms with Gasteiger partial charge >= 0.3 is 0 Å². The fraction of sp³-hybridized carbons (Fsp3) is 0.190. The number of aromatic nitrogens is 5. The van der Waals surface area contributed by atoms with Crippen LogP contribution in [0.15, 0.2) is 53.3 Å². The first-order valence-electron chi connectivity index (χ1n) is 9.55. The Morgan fingerprint density at radius 1 is 1.06 bits per heavy atom. The predicted octanol–water partition coefficient (Wildman–Crippen LogP) is 4.20. The standard InChI is InChI=1S/C21H19Cl2N7O/c1-3-21(2,27-17-16(23)28-29-20(24)26-17)19-25-14-11-7-10-13(22)15(14)18(31)30(19)12-8-5-4-6-9-12/h4-11H,3H2,1-2H3,(H3,24,26,27,29). The summed E-state index contributed by atoms with van der Waals surface area (Å²) in [5.74, 6) is 0.692. The minimum atomic E-state index is -0.863. The summed E-state index contributed by atoms with van der Waals surface area (Å²) in [5.41, 5.74) is 5.71. The molecular formula is C21H19Cl2N7O. The van der Waals surface area contributed by atoms with E-state index in [2.05, 4.69) is 20.5 Å². The molecule has 0 saturated carbocycles. The van der Waals surface area contributed by atoms with Crippen LogP contribution in [0.25, 0.3) is 16.6 Å². The highest BCUT2D eigenvalue weighted by Crippen LogP contribution is 2.32. The number of benzene rings is 2. The topological polar surface area (TPSA) is 112 Å². The third kappa shape index (κ3) is 3.80. The summed E-state index contributed by atoms with van der Waals surface area (Å²) in [6, 6.07) is 14.4. The minimum absolute atomic E-state index is 0.0240. The maximum absolute atomic E-state index is 13.6. The molecule has 2 heterocycles. The monoisotopic (exact) mass is 455 g/mol. The maximum atomic E-state index is 13.6. The lowest BCUT2D eigenvalue weighted by molar-refractivity contribution is 0.472. The zero-order valence-corrected chi connectivity index (χ0v) is 18.3. The van der Waals surface area contributed by atoms with Gasteiger partial charge in [0.1, 0.15) is 5.82 Å². The number of fused-ring (bicyclic) bond motifs is 1. The lowest BCUT2D eigenvalue weighted by atomic mass is 9.96. The van der Waals surface area contributed by atoms with Crippen molar-refractivity contribution in [2.45, 2.75) is 25.8 Å². The second-order valence-electron chi connectivity index (χ2n) is 7.17. The molecule has 1 atom stereocenters. The Hall–Kier alpha value is -3.23. The highest BCUT2D eigenvalue weighted by molar-refractivity contribution is 6.35. The molecule has 10 heteroatoms. The average molecular weight is 456 g/mol. The first-order chi connectivity index (χ1) is 14.8. The van der Waals surface area contributed by atoms with Gasteiger partial charge in [0.05, 0.1) is 27.2 Å². The van der Waals surface area contributed by atoms with Gasteiger partial charge in [-0.2, -0.15) is 4.98 Å². The summed E-state index contributed by atoms with van der Waals surface area (Å²) in [4.78, 5) is 22.6. The van der Waals surface area contributed by atoms with Crippen molar-refractivity contribution in [2.75, 3.05) is 11.1 Å². The normalized spacial score (nSPS) is 13.2. The van der Waals surface area contributed by atoms with Crippen LogP contribution in [0.4, 0.5) is 11.8 Å². The maximum Gasteiger partial charge on any atom is 0.267 e. The van der Waals surface area contributed by atoms with E-state index in [1.807, 2.05) is 44.2 Å². The fourth-order valence-corrected chi connectivity index (χ4v) is 3.72. The first-order valence-corrected chi connectivity index (χ1v) is 10.3. The van der Waals surface area contributed by atoms with E-state index in [-0.39, 0.29) is 22.5 Å². The van der Waals surface area contributed by atoms with Crippen LogP contribution in [0.2, 0.25) is 10.2 Å². The number of rotatable bonds is 5. The molecule has 0 amide bonds. The second-order valence-corrected chi connectivity index (χ2v) is 7.93. The highest BCUT2D eigenvalue weighted by Gasteiger charge is 2.33. The SMILES string of the molecule is CCC(C)(Nc1nc(N)nnc1Cl)c1nc2cccc(Cl)c2c(=O)n1-c1ccccc1. The Labute approximate surface area is 188 Å². The molecule has 0 aliphatic rings. The van der Waals surface area contributed by atoms with E-state index in [0.29, 0.717) is 33.9 Å². The second kappa shape index (κ2) is 8.13. The number of anilines is 2. The average Bonchev–Trinajstić information content (AvgIpc) is 2.76. The van der Waals surface area contributed by atoms with E-state index in [4.69, 9.17) is 33.9 Å². The fourth-order valence-electron chi connectivity index (χ4n) is 3.35. The van der Waals surface area contributed by atoms with Gasteiger partial charge in [-0.25, -0.2) is 4.98 Å². The highest BCUT2D eigenvalue weighted by atomic mass is 35.5.